The van der Waals surface area contributed by atoms with E-state index in [1.807, 2.05) is 35.1 Å². The topological polar surface area (TPSA) is 90.7 Å². The van der Waals surface area contributed by atoms with E-state index in [1.54, 1.807) is 13.2 Å². The van der Waals surface area contributed by atoms with Crippen LogP contribution < -0.4 is 15.0 Å². The smallest absolute Gasteiger partial charge is 0.274 e. The molecule has 0 bridgehead atoms. The highest BCUT2D eigenvalue weighted by molar-refractivity contribution is 6.05. The summed E-state index contributed by atoms with van der Waals surface area (Å²) in [5.74, 6) is 1.06. The van der Waals surface area contributed by atoms with E-state index in [0.717, 1.165) is 55.9 Å². The van der Waals surface area contributed by atoms with Gasteiger partial charge in [-0.05, 0) is 31.0 Å². The summed E-state index contributed by atoms with van der Waals surface area (Å²) in [6.45, 7) is 4.36. The lowest BCUT2D eigenvalue weighted by Crippen LogP contribution is -2.37. The second kappa shape index (κ2) is 9.13. The maximum absolute atomic E-state index is 13.0. The van der Waals surface area contributed by atoms with Gasteiger partial charge in [-0.3, -0.25) is 9.48 Å². The van der Waals surface area contributed by atoms with Gasteiger partial charge in [-0.2, -0.15) is 5.10 Å². The molecule has 5 rings (SSSR count). The number of aromatic nitrogens is 3. The molecule has 2 aliphatic heterocycles. The summed E-state index contributed by atoms with van der Waals surface area (Å²) in [4.78, 5) is 19.7. The molecule has 32 heavy (non-hydrogen) atoms. The normalized spacial score (nSPS) is 17.5. The van der Waals surface area contributed by atoms with Crippen LogP contribution in [-0.4, -0.2) is 67.3 Å². The minimum atomic E-state index is -0.283. The van der Waals surface area contributed by atoms with Crippen LogP contribution in [-0.2, 0) is 9.47 Å². The molecular formula is C23H27N5O4. The molecule has 0 radical (unpaired) electrons. The number of rotatable bonds is 5. The number of pyridine rings is 1. The monoisotopic (exact) mass is 437 g/mol. The Morgan fingerprint density at radius 2 is 1.91 bits per heavy atom. The van der Waals surface area contributed by atoms with Gasteiger partial charge in [-0.25, -0.2) is 4.98 Å². The van der Waals surface area contributed by atoms with Crippen LogP contribution in [0.25, 0.3) is 10.9 Å². The highest BCUT2D eigenvalue weighted by atomic mass is 16.5. The van der Waals surface area contributed by atoms with Crippen LogP contribution in [0, 0.1) is 0 Å². The van der Waals surface area contributed by atoms with Crippen molar-refractivity contribution >= 4 is 28.3 Å². The van der Waals surface area contributed by atoms with E-state index in [1.165, 1.54) is 0 Å². The maximum Gasteiger partial charge on any atom is 0.274 e. The molecule has 0 aliphatic carbocycles. The van der Waals surface area contributed by atoms with Crippen LogP contribution >= 0.6 is 0 Å². The van der Waals surface area contributed by atoms with Crippen molar-refractivity contribution < 1.29 is 19.0 Å². The SMILES string of the molecule is COc1cc2nn(C3CCOCC3)cc2cc1NC(=O)c1cccc(N2CCOCC2)n1. The first-order valence-corrected chi connectivity index (χ1v) is 11.0. The molecule has 9 heteroatoms. The van der Waals surface area contributed by atoms with E-state index >= 15 is 0 Å². The number of hydrogen-bond donors (Lipinski definition) is 1. The van der Waals surface area contributed by atoms with E-state index in [-0.39, 0.29) is 5.91 Å². The summed E-state index contributed by atoms with van der Waals surface area (Å²) in [5.41, 5.74) is 1.78. The molecule has 0 atom stereocenters. The van der Waals surface area contributed by atoms with Gasteiger partial charge in [-0.1, -0.05) is 6.07 Å². The molecule has 1 aromatic carbocycles. The third-order valence-corrected chi connectivity index (χ3v) is 5.96. The summed E-state index contributed by atoms with van der Waals surface area (Å²) in [6.07, 6.45) is 3.91. The molecule has 0 saturated carbocycles. The number of fused-ring (bicyclic) bond motifs is 1. The van der Waals surface area contributed by atoms with E-state index in [4.69, 9.17) is 19.3 Å². The largest absolute Gasteiger partial charge is 0.494 e. The Hall–Kier alpha value is -3.17. The Bertz CT molecular complexity index is 1100. The van der Waals surface area contributed by atoms with Crippen molar-refractivity contribution in [1.29, 1.82) is 0 Å². The zero-order chi connectivity index (χ0) is 21.9. The lowest BCUT2D eigenvalue weighted by molar-refractivity contribution is 0.0664. The third-order valence-electron chi connectivity index (χ3n) is 5.96. The summed E-state index contributed by atoms with van der Waals surface area (Å²) in [5, 5.41) is 8.64. The molecule has 2 aliphatic rings. The Kier molecular flexibility index (Phi) is 5.91. The molecule has 1 N–H and O–H groups in total. The Morgan fingerprint density at radius 3 is 2.69 bits per heavy atom. The quantitative estimate of drug-likeness (QED) is 0.656. The first kappa shape index (κ1) is 20.7. The van der Waals surface area contributed by atoms with Gasteiger partial charge in [0.05, 0.1) is 37.6 Å². The van der Waals surface area contributed by atoms with Crippen LogP contribution in [0.5, 0.6) is 5.75 Å². The summed E-state index contributed by atoms with van der Waals surface area (Å²) in [7, 11) is 1.59. The minimum absolute atomic E-state index is 0.283. The van der Waals surface area contributed by atoms with Crippen molar-refractivity contribution in [2.24, 2.45) is 0 Å². The second-order valence-corrected chi connectivity index (χ2v) is 8.00. The van der Waals surface area contributed by atoms with Gasteiger partial charge in [0, 0.05) is 44.0 Å². The first-order chi connectivity index (χ1) is 15.7. The van der Waals surface area contributed by atoms with Crippen LogP contribution in [0.2, 0.25) is 0 Å². The number of methoxy groups -OCH3 is 1. The van der Waals surface area contributed by atoms with Crippen LogP contribution in [0.1, 0.15) is 29.4 Å². The fourth-order valence-corrected chi connectivity index (χ4v) is 4.18. The third kappa shape index (κ3) is 4.26. The standard InChI is InChI=1S/C23H27N5O4/c1-30-21-14-19-16(15-28(26-19)17-5-9-31-10-6-17)13-20(21)25-23(29)18-3-2-4-22(24-18)27-7-11-32-12-8-27/h2-4,13-15,17H,5-12H2,1H3,(H,25,29). The fraction of sp³-hybridized carbons (Fsp3) is 0.435. The fourth-order valence-electron chi connectivity index (χ4n) is 4.18. The number of nitrogens with one attached hydrogen (secondary N) is 1. The molecular weight excluding hydrogens is 410 g/mol. The van der Waals surface area contributed by atoms with Crippen molar-refractivity contribution in [3.63, 3.8) is 0 Å². The minimum Gasteiger partial charge on any atom is -0.494 e. The predicted molar refractivity (Wildman–Crippen MR) is 121 cm³/mol. The van der Waals surface area contributed by atoms with Crippen molar-refractivity contribution in [1.82, 2.24) is 14.8 Å². The van der Waals surface area contributed by atoms with E-state index in [0.29, 0.717) is 36.4 Å². The molecule has 9 nitrogen and oxygen atoms in total. The lowest BCUT2D eigenvalue weighted by Gasteiger charge is -2.27. The number of amides is 1. The second-order valence-electron chi connectivity index (χ2n) is 8.00. The molecule has 4 heterocycles. The van der Waals surface area contributed by atoms with Gasteiger partial charge in [0.2, 0.25) is 0 Å². The summed E-state index contributed by atoms with van der Waals surface area (Å²) in [6, 6.07) is 9.57. The van der Waals surface area contributed by atoms with Gasteiger partial charge < -0.3 is 24.4 Å². The Morgan fingerprint density at radius 1 is 1.12 bits per heavy atom. The number of carbonyl (C=O) groups is 1. The first-order valence-electron chi connectivity index (χ1n) is 11.0. The van der Waals surface area contributed by atoms with Crippen molar-refractivity contribution in [2.45, 2.75) is 18.9 Å². The Balaban J connectivity index is 1.38. The molecule has 2 saturated heterocycles. The number of carbonyl (C=O) groups excluding carboxylic acids is 1. The zero-order valence-corrected chi connectivity index (χ0v) is 18.1. The summed E-state index contributed by atoms with van der Waals surface area (Å²) < 4.78 is 18.4. The number of hydrogen-bond acceptors (Lipinski definition) is 7. The maximum atomic E-state index is 13.0. The number of morpholine rings is 1. The van der Waals surface area contributed by atoms with Crippen molar-refractivity contribution in [3.8, 4) is 5.75 Å². The molecule has 0 unspecified atom stereocenters. The summed E-state index contributed by atoms with van der Waals surface area (Å²) >= 11 is 0. The highest BCUT2D eigenvalue weighted by Gasteiger charge is 2.20. The van der Waals surface area contributed by atoms with E-state index in [2.05, 4.69) is 15.2 Å². The molecule has 3 aromatic rings. The molecule has 2 fully saturated rings. The van der Waals surface area contributed by atoms with Gasteiger partial charge in [0.15, 0.2) is 0 Å². The van der Waals surface area contributed by atoms with E-state index < -0.39 is 0 Å². The number of anilines is 2. The lowest BCUT2D eigenvalue weighted by atomic mass is 10.1. The van der Waals surface area contributed by atoms with Crippen molar-refractivity contribution in [3.05, 3.63) is 42.2 Å². The van der Waals surface area contributed by atoms with Crippen LogP contribution in [0.15, 0.2) is 36.5 Å². The van der Waals surface area contributed by atoms with Crippen LogP contribution in [0.4, 0.5) is 11.5 Å². The highest BCUT2D eigenvalue weighted by Crippen LogP contribution is 2.32. The zero-order valence-electron chi connectivity index (χ0n) is 18.1. The van der Waals surface area contributed by atoms with Crippen LogP contribution in [0.3, 0.4) is 0 Å². The molecule has 0 spiro atoms. The molecule has 1 amide bonds. The predicted octanol–water partition coefficient (Wildman–Crippen LogP) is 2.88. The van der Waals surface area contributed by atoms with Gasteiger partial charge in [0.25, 0.3) is 5.91 Å². The van der Waals surface area contributed by atoms with E-state index in [9.17, 15) is 4.79 Å². The Labute approximate surface area is 186 Å². The number of benzene rings is 1. The molecule has 168 valence electrons. The molecule has 2 aromatic heterocycles. The van der Waals surface area contributed by atoms with Gasteiger partial charge in [-0.15, -0.1) is 0 Å². The average molecular weight is 438 g/mol. The average Bonchev–Trinajstić information content (AvgIpc) is 3.27. The number of ether oxygens (including phenoxy) is 3. The van der Waals surface area contributed by atoms with Gasteiger partial charge >= 0.3 is 0 Å². The van der Waals surface area contributed by atoms with Gasteiger partial charge in [0.1, 0.15) is 17.3 Å². The number of nitrogens with zero attached hydrogens (tertiary/aromatic N) is 4. The van der Waals surface area contributed by atoms with Crippen molar-refractivity contribution in [2.75, 3.05) is 56.8 Å².